The van der Waals surface area contributed by atoms with Crippen molar-refractivity contribution in [2.24, 2.45) is 0 Å². The maximum atomic E-state index is 12.3. The number of nitrogens with zero attached hydrogens (tertiary/aromatic N) is 2. The van der Waals surface area contributed by atoms with E-state index in [1.807, 2.05) is 16.2 Å². The van der Waals surface area contributed by atoms with Crippen LogP contribution in [0, 0.1) is 0 Å². The van der Waals surface area contributed by atoms with Crippen molar-refractivity contribution in [1.82, 2.24) is 9.80 Å². The molecule has 1 amide bonds. The van der Waals surface area contributed by atoms with Crippen molar-refractivity contribution in [3.05, 3.63) is 22.4 Å². The minimum Gasteiger partial charge on any atom is -0.368 e. The van der Waals surface area contributed by atoms with Crippen LogP contribution in [-0.2, 0) is 9.53 Å². The molecular weight excluding hydrogens is 272 g/mol. The first kappa shape index (κ1) is 14.0. The summed E-state index contributed by atoms with van der Waals surface area (Å²) in [6.45, 7) is 6.56. The zero-order chi connectivity index (χ0) is 13.9. The molecule has 0 radical (unpaired) electrons. The average Bonchev–Trinajstić information content (AvgIpc) is 3.18. The molecule has 20 heavy (non-hydrogen) atoms. The summed E-state index contributed by atoms with van der Waals surface area (Å²) in [6.07, 6.45) is 1.74. The van der Waals surface area contributed by atoms with E-state index in [0.29, 0.717) is 6.04 Å². The summed E-state index contributed by atoms with van der Waals surface area (Å²) >= 11 is 1.81. The molecule has 3 rings (SSSR count). The number of carbonyl (C=O) groups is 1. The predicted molar refractivity (Wildman–Crippen MR) is 79.9 cm³/mol. The highest BCUT2D eigenvalue weighted by Gasteiger charge is 2.31. The highest BCUT2D eigenvalue weighted by molar-refractivity contribution is 7.10. The second-order valence-electron chi connectivity index (χ2n) is 5.55. The van der Waals surface area contributed by atoms with Gasteiger partial charge in [-0.3, -0.25) is 9.69 Å². The molecule has 2 unspecified atom stereocenters. The van der Waals surface area contributed by atoms with E-state index in [1.54, 1.807) is 0 Å². The number of rotatable bonds is 3. The van der Waals surface area contributed by atoms with Crippen molar-refractivity contribution in [3.8, 4) is 0 Å². The maximum absolute atomic E-state index is 12.3. The Hall–Kier alpha value is -0.910. The van der Waals surface area contributed by atoms with Gasteiger partial charge >= 0.3 is 0 Å². The highest BCUT2D eigenvalue weighted by atomic mass is 32.1. The molecule has 5 heteroatoms. The van der Waals surface area contributed by atoms with Crippen LogP contribution in [0.4, 0.5) is 0 Å². The normalized spacial score (nSPS) is 25.9. The molecule has 2 aliphatic heterocycles. The number of thiophene rings is 1. The van der Waals surface area contributed by atoms with Gasteiger partial charge in [-0.2, -0.15) is 0 Å². The molecule has 0 bridgehead atoms. The Kier molecular flexibility index (Phi) is 4.38. The van der Waals surface area contributed by atoms with E-state index >= 15 is 0 Å². The average molecular weight is 294 g/mol. The summed E-state index contributed by atoms with van der Waals surface area (Å²) < 4.78 is 5.50. The van der Waals surface area contributed by atoms with E-state index in [9.17, 15) is 4.79 Å². The monoisotopic (exact) mass is 294 g/mol. The third-order valence-electron chi connectivity index (χ3n) is 4.33. The lowest BCUT2D eigenvalue weighted by molar-refractivity contribution is -0.143. The summed E-state index contributed by atoms with van der Waals surface area (Å²) in [4.78, 5) is 18.1. The van der Waals surface area contributed by atoms with E-state index in [4.69, 9.17) is 4.74 Å². The lowest BCUT2D eigenvalue weighted by atomic mass is 10.1. The Morgan fingerprint density at radius 2 is 2.20 bits per heavy atom. The Morgan fingerprint density at radius 1 is 1.40 bits per heavy atom. The Labute approximate surface area is 124 Å². The Morgan fingerprint density at radius 3 is 2.80 bits per heavy atom. The van der Waals surface area contributed by atoms with Gasteiger partial charge < -0.3 is 9.64 Å². The van der Waals surface area contributed by atoms with Crippen LogP contribution < -0.4 is 0 Å². The van der Waals surface area contributed by atoms with Gasteiger partial charge in [0.15, 0.2) is 0 Å². The number of carbonyl (C=O) groups excluding carboxylic acids is 1. The smallest absolute Gasteiger partial charge is 0.251 e. The summed E-state index contributed by atoms with van der Waals surface area (Å²) in [6, 6.07) is 4.75. The van der Waals surface area contributed by atoms with Gasteiger partial charge in [0.1, 0.15) is 6.10 Å². The molecule has 1 aromatic rings. The van der Waals surface area contributed by atoms with Crippen LogP contribution in [0.2, 0.25) is 0 Å². The standard InChI is InChI=1S/C15H22N2O2S/c1-12(14-5-3-11-20-14)16-6-8-17(9-7-16)15(18)13-4-2-10-19-13/h3,5,11-13H,2,4,6-10H2,1H3. The minimum absolute atomic E-state index is 0.170. The fraction of sp³-hybridized carbons (Fsp3) is 0.667. The quantitative estimate of drug-likeness (QED) is 0.856. The maximum Gasteiger partial charge on any atom is 0.251 e. The first-order valence-electron chi connectivity index (χ1n) is 7.43. The molecule has 110 valence electrons. The van der Waals surface area contributed by atoms with E-state index in [0.717, 1.165) is 45.6 Å². The molecule has 1 aromatic heterocycles. The molecule has 0 aliphatic carbocycles. The minimum atomic E-state index is -0.170. The van der Waals surface area contributed by atoms with Gasteiger partial charge in [0.05, 0.1) is 0 Å². The van der Waals surface area contributed by atoms with Gasteiger partial charge in [-0.15, -0.1) is 11.3 Å². The number of hydrogen-bond donors (Lipinski definition) is 0. The van der Waals surface area contributed by atoms with Gasteiger partial charge in [-0.1, -0.05) is 6.07 Å². The van der Waals surface area contributed by atoms with Gasteiger partial charge in [0, 0.05) is 43.7 Å². The van der Waals surface area contributed by atoms with Crippen molar-refractivity contribution < 1.29 is 9.53 Å². The van der Waals surface area contributed by atoms with E-state index in [1.165, 1.54) is 4.88 Å². The first-order valence-corrected chi connectivity index (χ1v) is 8.31. The first-order chi connectivity index (χ1) is 9.75. The van der Waals surface area contributed by atoms with Crippen molar-refractivity contribution in [3.63, 3.8) is 0 Å². The van der Waals surface area contributed by atoms with Crippen LogP contribution in [0.3, 0.4) is 0 Å². The van der Waals surface area contributed by atoms with Gasteiger partial charge in [-0.05, 0) is 31.2 Å². The van der Waals surface area contributed by atoms with E-state index in [2.05, 4.69) is 29.3 Å². The van der Waals surface area contributed by atoms with Crippen molar-refractivity contribution in [2.75, 3.05) is 32.8 Å². The summed E-state index contributed by atoms with van der Waals surface area (Å²) in [5, 5.41) is 2.13. The molecule has 2 aliphatic rings. The topological polar surface area (TPSA) is 32.8 Å². The van der Waals surface area contributed by atoms with Crippen LogP contribution in [0.25, 0.3) is 0 Å². The molecule has 0 aromatic carbocycles. The molecule has 3 heterocycles. The number of ether oxygens (including phenoxy) is 1. The summed E-state index contributed by atoms with van der Waals surface area (Å²) in [5.41, 5.74) is 0. The van der Waals surface area contributed by atoms with Crippen molar-refractivity contribution in [2.45, 2.75) is 31.9 Å². The molecule has 4 nitrogen and oxygen atoms in total. The fourth-order valence-electron chi connectivity index (χ4n) is 3.01. The largest absolute Gasteiger partial charge is 0.368 e. The predicted octanol–water partition coefficient (Wildman–Crippen LogP) is 2.13. The van der Waals surface area contributed by atoms with E-state index < -0.39 is 0 Å². The Bertz CT molecular complexity index is 435. The molecule has 2 atom stereocenters. The van der Waals surface area contributed by atoms with Crippen LogP contribution in [-0.4, -0.2) is 54.6 Å². The molecule has 0 spiro atoms. The SMILES string of the molecule is CC(c1cccs1)N1CCN(C(=O)C2CCCO2)CC1. The molecule has 0 saturated carbocycles. The summed E-state index contributed by atoms with van der Waals surface area (Å²) in [7, 11) is 0. The van der Waals surface area contributed by atoms with Crippen LogP contribution in [0.15, 0.2) is 17.5 Å². The zero-order valence-corrected chi connectivity index (χ0v) is 12.8. The molecule has 0 N–H and O–H groups in total. The van der Waals surface area contributed by atoms with Gasteiger partial charge in [-0.25, -0.2) is 0 Å². The van der Waals surface area contributed by atoms with Gasteiger partial charge in [0.2, 0.25) is 0 Å². The molecule has 2 saturated heterocycles. The van der Waals surface area contributed by atoms with E-state index in [-0.39, 0.29) is 12.0 Å². The lowest BCUT2D eigenvalue weighted by Gasteiger charge is -2.38. The number of hydrogen-bond acceptors (Lipinski definition) is 4. The summed E-state index contributed by atoms with van der Waals surface area (Å²) in [5.74, 6) is 0.200. The van der Waals surface area contributed by atoms with Gasteiger partial charge in [0.25, 0.3) is 5.91 Å². The third kappa shape index (κ3) is 2.90. The highest BCUT2D eigenvalue weighted by Crippen LogP contribution is 2.26. The van der Waals surface area contributed by atoms with Crippen LogP contribution in [0.5, 0.6) is 0 Å². The molecule has 2 fully saturated rings. The second-order valence-corrected chi connectivity index (χ2v) is 6.53. The van der Waals surface area contributed by atoms with Crippen LogP contribution >= 0.6 is 11.3 Å². The lowest BCUT2D eigenvalue weighted by Crippen LogP contribution is -2.51. The zero-order valence-electron chi connectivity index (χ0n) is 12.0. The fourth-order valence-corrected chi connectivity index (χ4v) is 3.83. The number of amides is 1. The number of piperazine rings is 1. The van der Waals surface area contributed by atoms with Crippen molar-refractivity contribution in [1.29, 1.82) is 0 Å². The second kappa shape index (κ2) is 6.24. The molecular formula is C15H22N2O2S. The van der Waals surface area contributed by atoms with Crippen molar-refractivity contribution >= 4 is 17.2 Å². The third-order valence-corrected chi connectivity index (χ3v) is 5.38. The van der Waals surface area contributed by atoms with Crippen LogP contribution in [0.1, 0.15) is 30.7 Å². The Balaban J connectivity index is 1.53.